The maximum atomic E-state index is 12.3. The molecular weight excluding hydrogens is 187 g/mol. The number of halogens is 1. The van der Waals surface area contributed by atoms with Gasteiger partial charge in [-0.25, -0.2) is 4.39 Å². The molecule has 0 unspecified atom stereocenters. The van der Waals surface area contributed by atoms with Gasteiger partial charge in [0.15, 0.2) is 11.6 Å². The van der Waals surface area contributed by atoms with E-state index in [1.165, 1.54) is 13.0 Å². The highest BCUT2D eigenvalue weighted by atomic mass is 19.1. The normalized spacial score (nSPS) is 15.4. The van der Waals surface area contributed by atoms with Gasteiger partial charge in [0.2, 0.25) is 0 Å². The summed E-state index contributed by atoms with van der Waals surface area (Å²) in [6, 6.07) is 0. The smallest absolute Gasteiger partial charge is 0.159 e. The van der Waals surface area contributed by atoms with Crippen LogP contribution in [0.25, 0.3) is 0 Å². The van der Waals surface area contributed by atoms with Gasteiger partial charge in [-0.3, -0.25) is 0 Å². The lowest BCUT2D eigenvalue weighted by Crippen LogP contribution is -2.25. The van der Waals surface area contributed by atoms with Crippen LogP contribution in [0.3, 0.4) is 0 Å². The van der Waals surface area contributed by atoms with Crippen molar-refractivity contribution in [3.63, 3.8) is 0 Å². The summed E-state index contributed by atoms with van der Waals surface area (Å²) in [6.07, 6.45) is 1.81. The second kappa shape index (κ2) is 5.12. The molecule has 14 heavy (non-hydrogen) atoms. The Kier molecular flexibility index (Phi) is 4.80. The molecule has 0 rings (SSSR count). The minimum atomic E-state index is -1.73. The Morgan fingerprint density at radius 2 is 2.07 bits per heavy atom. The van der Waals surface area contributed by atoms with E-state index in [1.54, 1.807) is 6.92 Å². The minimum Gasteiger partial charge on any atom is -0.505 e. The molecule has 0 aromatic rings. The Bertz CT molecular complexity index is 228. The van der Waals surface area contributed by atoms with E-state index in [-0.39, 0.29) is 12.3 Å². The molecule has 0 heterocycles. The van der Waals surface area contributed by atoms with Gasteiger partial charge in [-0.15, -0.1) is 0 Å². The molecule has 4 heteroatoms. The zero-order chi connectivity index (χ0) is 11.4. The molecule has 0 aliphatic carbocycles. The Morgan fingerprint density at radius 1 is 1.57 bits per heavy atom. The van der Waals surface area contributed by atoms with Crippen molar-refractivity contribution in [3.05, 3.63) is 24.2 Å². The summed E-state index contributed by atoms with van der Waals surface area (Å²) in [5.41, 5.74) is 0. The number of allylic oxidation sites excluding steroid dienone is 2. The molecule has 3 nitrogen and oxygen atoms in total. The van der Waals surface area contributed by atoms with Crippen LogP contribution in [-0.4, -0.2) is 21.1 Å². The van der Waals surface area contributed by atoms with Gasteiger partial charge in [-0.1, -0.05) is 13.5 Å². The molecule has 0 radical (unpaired) electrons. The van der Waals surface area contributed by atoms with E-state index in [9.17, 15) is 4.39 Å². The van der Waals surface area contributed by atoms with Crippen LogP contribution in [0.2, 0.25) is 0 Å². The van der Waals surface area contributed by atoms with Crippen molar-refractivity contribution in [1.82, 2.24) is 0 Å². The third-order valence-corrected chi connectivity index (χ3v) is 1.73. The summed E-state index contributed by atoms with van der Waals surface area (Å²) in [7, 11) is 0. The second-order valence-corrected chi connectivity index (χ2v) is 3.76. The fraction of sp³-hybridized carbons (Fsp3) is 0.600. The molecule has 0 amide bonds. The standard InChI is InChI=1S/C10H17FO3/c1-7(6-10(3,13)14)4-5-9(12)8(2)11/h5,7,12-14H,2,4,6H2,1,3H3/b9-5+/t7-/m0/s1. The first kappa shape index (κ1) is 13.1. The lowest BCUT2D eigenvalue weighted by molar-refractivity contribution is -0.156. The zero-order valence-corrected chi connectivity index (χ0v) is 8.50. The fourth-order valence-electron chi connectivity index (χ4n) is 1.17. The third kappa shape index (κ3) is 6.62. The van der Waals surface area contributed by atoms with Gasteiger partial charge in [0.1, 0.15) is 5.76 Å². The Hall–Kier alpha value is -0.870. The van der Waals surface area contributed by atoms with Crippen LogP contribution in [-0.2, 0) is 0 Å². The minimum absolute atomic E-state index is 0.0588. The van der Waals surface area contributed by atoms with Crippen LogP contribution in [0.1, 0.15) is 26.7 Å². The molecule has 0 spiro atoms. The average Bonchev–Trinajstić information content (AvgIpc) is 1.96. The van der Waals surface area contributed by atoms with Crippen LogP contribution < -0.4 is 0 Å². The van der Waals surface area contributed by atoms with Crippen LogP contribution in [0.5, 0.6) is 0 Å². The number of hydrogen-bond acceptors (Lipinski definition) is 3. The van der Waals surface area contributed by atoms with Crippen LogP contribution >= 0.6 is 0 Å². The number of aliphatic hydroxyl groups is 3. The lowest BCUT2D eigenvalue weighted by Gasteiger charge is -2.19. The van der Waals surface area contributed by atoms with E-state index in [4.69, 9.17) is 15.3 Å². The van der Waals surface area contributed by atoms with Gasteiger partial charge in [-0.05, 0) is 25.3 Å². The zero-order valence-electron chi connectivity index (χ0n) is 8.50. The molecule has 0 bridgehead atoms. The van der Waals surface area contributed by atoms with Crippen LogP contribution in [0, 0.1) is 5.92 Å². The van der Waals surface area contributed by atoms with Crippen molar-refractivity contribution in [3.8, 4) is 0 Å². The highest BCUT2D eigenvalue weighted by Gasteiger charge is 2.18. The highest BCUT2D eigenvalue weighted by molar-refractivity contribution is 5.13. The lowest BCUT2D eigenvalue weighted by atomic mass is 9.98. The van der Waals surface area contributed by atoms with Crippen molar-refractivity contribution >= 4 is 0 Å². The van der Waals surface area contributed by atoms with Gasteiger partial charge in [0.05, 0.1) is 0 Å². The average molecular weight is 204 g/mol. The number of rotatable bonds is 5. The third-order valence-electron chi connectivity index (χ3n) is 1.73. The molecule has 1 atom stereocenters. The van der Waals surface area contributed by atoms with Gasteiger partial charge in [0, 0.05) is 6.42 Å². The summed E-state index contributed by atoms with van der Waals surface area (Å²) in [4.78, 5) is 0. The fourth-order valence-corrected chi connectivity index (χ4v) is 1.17. The van der Waals surface area contributed by atoms with E-state index in [0.717, 1.165) is 0 Å². The molecule has 0 fully saturated rings. The molecule has 0 aliphatic heterocycles. The summed E-state index contributed by atoms with van der Waals surface area (Å²) in [5, 5.41) is 27.0. The number of hydrogen-bond donors (Lipinski definition) is 3. The number of aliphatic hydroxyl groups excluding tert-OH is 1. The maximum absolute atomic E-state index is 12.3. The molecule has 82 valence electrons. The Labute approximate surface area is 83.2 Å². The molecule has 0 saturated heterocycles. The largest absolute Gasteiger partial charge is 0.505 e. The van der Waals surface area contributed by atoms with Crippen LogP contribution in [0.15, 0.2) is 24.2 Å². The molecule has 0 aromatic heterocycles. The molecule has 0 saturated carbocycles. The van der Waals surface area contributed by atoms with Crippen molar-refractivity contribution < 1.29 is 19.7 Å². The van der Waals surface area contributed by atoms with Crippen molar-refractivity contribution in [2.45, 2.75) is 32.5 Å². The summed E-state index contributed by atoms with van der Waals surface area (Å²) in [6.45, 7) is 5.98. The van der Waals surface area contributed by atoms with Crippen molar-refractivity contribution in [2.75, 3.05) is 0 Å². The predicted molar refractivity (Wildman–Crippen MR) is 52.2 cm³/mol. The van der Waals surface area contributed by atoms with Gasteiger partial charge >= 0.3 is 0 Å². The second-order valence-electron chi connectivity index (χ2n) is 3.76. The van der Waals surface area contributed by atoms with Crippen LogP contribution in [0.4, 0.5) is 4.39 Å². The van der Waals surface area contributed by atoms with E-state index >= 15 is 0 Å². The Balaban J connectivity index is 4.03. The first-order chi connectivity index (χ1) is 6.22. The molecular formula is C10H17FO3. The molecule has 0 aliphatic rings. The summed E-state index contributed by atoms with van der Waals surface area (Å²) < 4.78 is 12.3. The summed E-state index contributed by atoms with van der Waals surface area (Å²) >= 11 is 0. The quantitative estimate of drug-likeness (QED) is 0.365. The SMILES string of the molecule is C=C(F)/C(O)=C\C[C@H](C)CC(C)(O)O. The first-order valence-electron chi connectivity index (χ1n) is 4.41. The van der Waals surface area contributed by atoms with E-state index < -0.39 is 17.4 Å². The monoisotopic (exact) mass is 204 g/mol. The van der Waals surface area contributed by atoms with E-state index in [0.29, 0.717) is 6.42 Å². The molecule has 0 aromatic carbocycles. The highest BCUT2D eigenvalue weighted by Crippen LogP contribution is 2.18. The first-order valence-corrected chi connectivity index (χ1v) is 4.41. The molecule has 3 N–H and O–H groups in total. The maximum Gasteiger partial charge on any atom is 0.159 e. The predicted octanol–water partition coefficient (Wildman–Crippen LogP) is 2.03. The van der Waals surface area contributed by atoms with Gasteiger partial charge < -0.3 is 15.3 Å². The Morgan fingerprint density at radius 3 is 2.43 bits per heavy atom. The van der Waals surface area contributed by atoms with Crippen molar-refractivity contribution in [2.24, 2.45) is 5.92 Å². The van der Waals surface area contributed by atoms with Gasteiger partial charge in [0.25, 0.3) is 0 Å². The topological polar surface area (TPSA) is 60.7 Å². The van der Waals surface area contributed by atoms with Gasteiger partial charge in [-0.2, -0.15) is 0 Å². The van der Waals surface area contributed by atoms with Crippen molar-refractivity contribution in [1.29, 1.82) is 0 Å². The summed E-state index contributed by atoms with van der Waals surface area (Å²) in [5.74, 6) is -3.16. The van der Waals surface area contributed by atoms with E-state index in [1.807, 2.05) is 0 Å². The van der Waals surface area contributed by atoms with E-state index in [2.05, 4.69) is 6.58 Å².